The highest BCUT2D eigenvalue weighted by Gasteiger charge is 1.92. The summed E-state index contributed by atoms with van der Waals surface area (Å²) in [6, 6.07) is 7.78. The second kappa shape index (κ2) is 5.81. The van der Waals surface area contributed by atoms with Gasteiger partial charge < -0.3 is 4.84 Å². The molecule has 0 heterocycles. The largest absolute Gasteiger partial charge is 0.382 e. The molecule has 0 radical (unpaired) electrons. The zero-order chi connectivity index (χ0) is 12.0. The van der Waals surface area contributed by atoms with Gasteiger partial charge in [0.25, 0.3) is 0 Å². The summed E-state index contributed by atoms with van der Waals surface area (Å²) in [5.41, 5.74) is 5.61. The zero-order valence-corrected chi connectivity index (χ0v) is 9.79. The van der Waals surface area contributed by atoms with Crippen LogP contribution in [-0.2, 0) is 0 Å². The lowest BCUT2D eigenvalue weighted by Crippen LogP contribution is -2.15. The van der Waals surface area contributed by atoms with Crippen molar-refractivity contribution in [1.82, 2.24) is 5.48 Å². The Morgan fingerprint density at radius 3 is 2.38 bits per heavy atom. The van der Waals surface area contributed by atoms with Crippen LogP contribution in [0.3, 0.4) is 0 Å². The number of rotatable bonds is 5. The Hall–Kier alpha value is -1.96. The fourth-order valence-electron chi connectivity index (χ4n) is 1.01. The van der Waals surface area contributed by atoms with Gasteiger partial charge in [0.15, 0.2) is 5.75 Å². The first-order valence-electron chi connectivity index (χ1n) is 5.10. The first-order valence-corrected chi connectivity index (χ1v) is 5.10. The highest BCUT2D eigenvalue weighted by Crippen LogP contribution is 2.10. The molecule has 0 amide bonds. The van der Waals surface area contributed by atoms with E-state index in [1.807, 2.05) is 50.3 Å². The topological polar surface area (TPSA) is 21.3 Å². The summed E-state index contributed by atoms with van der Waals surface area (Å²) >= 11 is 0. The molecular formula is C14H17NO. The second-order valence-electron chi connectivity index (χ2n) is 3.72. The van der Waals surface area contributed by atoms with E-state index >= 15 is 0 Å². The van der Waals surface area contributed by atoms with Crippen molar-refractivity contribution in [2.45, 2.75) is 13.8 Å². The average Bonchev–Trinajstić information content (AvgIpc) is 2.25. The molecule has 0 aliphatic carbocycles. The predicted octanol–water partition coefficient (Wildman–Crippen LogP) is 3.52. The second-order valence-corrected chi connectivity index (χ2v) is 3.72. The first-order chi connectivity index (χ1) is 7.58. The van der Waals surface area contributed by atoms with E-state index in [0.29, 0.717) is 5.70 Å². The summed E-state index contributed by atoms with van der Waals surface area (Å²) < 4.78 is 0. The van der Waals surface area contributed by atoms with Crippen LogP contribution in [0.1, 0.15) is 12.5 Å². The van der Waals surface area contributed by atoms with Crippen molar-refractivity contribution in [3.8, 4) is 5.75 Å². The van der Waals surface area contributed by atoms with Gasteiger partial charge in [-0.2, -0.15) is 0 Å². The van der Waals surface area contributed by atoms with Crippen LogP contribution in [0, 0.1) is 6.92 Å². The van der Waals surface area contributed by atoms with Gasteiger partial charge in [-0.05, 0) is 32.1 Å². The van der Waals surface area contributed by atoms with Gasteiger partial charge >= 0.3 is 0 Å². The van der Waals surface area contributed by atoms with E-state index in [2.05, 4.69) is 18.6 Å². The van der Waals surface area contributed by atoms with Crippen molar-refractivity contribution >= 4 is 0 Å². The SMILES string of the molecule is C=C(C)/C=C\C(=C)NOc1ccc(C)cc1. The first kappa shape index (κ1) is 12.1. The number of aryl methyl sites for hydroxylation is 1. The van der Waals surface area contributed by atoms with Gasteiger partial charge in [-0.3, -0.25) is 0 Å². The lowest BCUT2D eigenvalue weighted by molar-refractivity contribution is 0.234. The van der Waals surface area contributed by atoms with E-state index in [4.69, 9.17) is 4.84 Å². The molecule has 2 heteroatoms. The molecule has 0 unspecified atom stereocenters. The summed E-state index contributed by atoms with van der Waals surface area (Å²) in [6.45, 7) is 11.5. The number of allylic oxidation sites excluding steroid dienone is 3. The highest BCUT2D eigenvalue weighted by atomic mass is 16.6. The summed E-state index contributed by atoms with van der Waals surface area (Å²) in [4.78, 5) is 5.32. The summed E-state index contributed by atoms with van der Waals surface area (Å²) in [5, 5.41) is 0. The number of hydrogen-bond acceptors (Lipinski definition) is 2. The monoisotopic (exact) mass is 215 g/mol. The summed E-state index contributed by atoms with van der Waals surface area (Å²) in [7, 11) is 0. The minimum Gasteiger partial charge on any atom is -0.382 e. The van der Waals surface area contributed by atoms with Crippen LogP contribution in [0.5, 0.6) is 5.75 Å². The summed E-state index contributed by atoms with van der Waals surface area (Å²) in [6.07, 6.45) is 3.68. The molecular weight excluding hydrogens is 198 g/mol. The number of nitrogens with one attached hydrogen (secondary N) is 1. The molecule has 0 spiro atoms. The van der Waals surface area contributed by atoms with E-state index in [1.54, 1.807) is 0 Å². The molecule has 1 N–H and O–H groups in total. The molecule has 1 rings (SSSR count). The van der Waals surface area contributed by atoms with E-state index in [-0.39, 0.29) is 0 Å². The third-order valence-electron chi connectivity index (χ3n) is 1.89. The number of hydroxylamine groups is 1. The Morgan fingerprint density at radius 1 is 1.19 bits per heavy atom. The van der Waals surface area contributed by atoms with Crippen molar-refractivity contribution in [3.63, 3.8) is 0 Å². The number of benzene rings is 1. The van der Waals surface area contributed by atoms with Crippen molar-refractivity contribution < 1.29 is 4.84 Å². The minimum absolute atomic E-state index is 0.684. The van der Waals surface area contributed by atoms with E-state index in [1.165, 1.54) is 5.56 Å². The van der Waals surface area contributed by atoms with Crippen molar-refractivity contribution in [3.05, 3.63) is 66.4 Å². The highest BCUT2D eigenvalue weighted by molar-refractivity contribution is 5.27. The van der Waals surface area contributed by atoms with Gasteiger partial charge in [-0.1, -0.05) is 42.5 Å². The number of hydrogen-bond donors (Lipinski definition) is 1. The molecule has 84 valence electrons. The quantitative estimate of drug-likeness (QED) is 0.599. The molecule has 0 aliphatic heterocycles. The Kier molecular flexibility index (Phi) is 4.40. The molecule has 0 atom stereocenters. The minimum atomic E-state index is 0.684. The molecule has 0 aromatic heterocycles. The smallest absolute Gasteiger partial charge is 0.155 e. The molecule has 0 aliphatic rings. The maximum atomic E-state index is 5.32. The maximum Gasteiger partial charge on any atom is 0.155 e. The van der Waals surface area contributed by atoms with Gasteiger partial charge in [0.2, 0.25) is 0 Å². The maximum absolute atomic E-state index is 5.32. The van der Waals surface area contributed by atoms with Crippen LogP contribution < -0.4 is 10.3 Å². The Balaban J connectivity index is 2.43. The van der Waals surface area contributed by atoms with Crippen LogP contribution in [0.25, 0.3) is 0 Å². The van der Waals surface area contributed by atoms with Gasteiger partial charge in [-0.25, -0.2) is 5.48 Å². The van der Waals surface area contributed by atoms with Crippen LogP contribution in [0.2, 0.25) is 0 Å². The molecule has 1 aromatic carbocycles. The van der Waals surface area contributed by atoms with Crippen LogP contribution in [0.4, 0.5) is 0 Å². The fourth-order valence-corrected chi connectivity index (χ4v) is 1.01. The van der Waals surface area contributed by atoms with Gasteiger partial charge in [0.1, 0.15) is 0 Å². The Morgan fingerprint density at radius 2 is 1.81 bits per heavy atom. The van der Waals surface area contributed by atoms with Gasteiger partial charge in [-0.15, -0.1) is 0 Å². The van der Waals surface area contributed by atoms with Gasteiger partial charge in [0, 0.05) is 0 Å². The van der Waals surface area contributed by atoms with E-state index in [0.717, 1.165) is 11.3 Å². The molecule has 0 bridgehead atoms. The average molecular weight is 215 g/mol. The molecule has 0 saturated heterocycles. The lowest BCUT2D eigenvalue weighted by Gasteiger charge is -2.07. The van der Waals surface area contributed by atoms with Crippen molar-refractivity contribution in [2.24, 2.45) is 0 Å². The van der Waals surface area contributed by atoms with Crippen LogP contribution in [-0.4, -0.2) is 0 Å². The van der Waals surface area contributed by atoms with Crippen LogP contribution in [0.15, 0.2) is 60.8 Å². The van der Waals surface area contributed by atoms with Crippen molar-refractivity contribution in [2.75, 3.05) is 0 Å². The standard InChI is InChI=1S/C14H17NO/c1-11(2)5-8-13(4)15-16-14-9-6-12(3)7-10-14/h5-10,15H,1,4H2,2-3H3/b8-5-. The molecule has 16 heavy (non-hydrogen) atoms. The van der Waals surface area contributed by atoms with Crippen LogP contribution >= 0.6 is 0 Å². The summed E-state index contributed by atoms with van der Waals surface area (Å²) in [5.74, 6) is 0.760. The zero-order valence-electron chi connectivity index (χ0n) is 9.79. The normalized spacial score (nSPS) is 10.1. The van der Waals surface area contributed by atoms with E-state index in [9.17, 15) is 0 Å². The Labute approximate surface area is 96.9 Å². The molecule has 0 saturated carbocycles. The van der Waals surface area contributed by atoms with Crippen molar-refractivity contribution in [1.29, 1.82) is 0 Å². The van der Waals surface area contributed by atoms with Gasteiger partial charge in [0.05, 0.1) is 5.70 Å². The molecule has 2 nitrogen and oxygen atoms in total. The Bertz CT molecular complexity index is 401. The molecule has 0 fully saturated rings. The third kappa shape index (κ3) is 4.51. The van der Waals surface area contributed by atoms with E-state index < -0.39 is 0 Å². The third-order valence-corrected chi connectivity index (χ3v) is 1.89. The molecule has 1 aromatic rings. The lowest BCUT2D eigenvalue weighted by atomic mass is 10.2. The fraction of sp³-hybridized carbons (Fsp3) is 0.143. The predicted molar refractivity (Wildman–Crippen MR) is 68.0 cm³/mol.